The molecule has 1 aromatic rings. The van der Waals surface area contributed by atoms with Crippen molar-refractivity contribution in [3.05, 3.63) is 53.8 Å². The Morgan fingerprint density at radius 3 is 2.74 bits per heavy atom. The van der Waals surface area contributed by atoms with Crippen LogP contribution in [0.3, 0.4) is 0 Å². The summed E-state index contributed by atoms with van der Waals surface area (Å²) in [5.41, 5.74) is 2.11. The van der Waals surface area contributed by atoms with Gasteiger partial charge in [-0.1, -0.05) is 18.2 Å². The number of rotatable bonds is 5. The summed E-state index contributed by atoms with van der Waals surface area (Å²) < 4.78 is 5.43. The molecule has 0 aliphatic carbocycles. The van der Waals surface area contributed by atoms with Crippen molar-refractivity contribution in [1.82, 2.24) is 15.5 Å². The van der Waals surface area contributed by atoms with Crippen LogP contribution in [0.4, 0.5) is 4.79 Å². The molecule has 2 heterocycles. The maximum absolute atomic E-state index is 12.6. The van der Waals surface area contributed by atoms with E-state index < -0.39 is 6.04 Å². The van der Waals surface area contributed by atoms with E-state index in [0.29, 0.717) is 31.0 Å². The van der Waals surface area contributed by atoms with Gasteiger partial charge >= 0.3 is 6.03 Å². The van der Waals surface area contributed by atoms with Crippen LogP contribution < -0.4 is 15.4 Å². The molecule has 0 saturated heterocycles. The first-order chi connectivity index (χ1) is 11.1. The predicted octanol–water partition coefficient (Wildman–Crippen LogP) is 1.72. The quantitative estimate of drug-likeness (QED) is 0.813. The van der Waals surface area contributed by atoms with Crippen LogP contribution in [-0.4, -0.2) is 36.5 Å². The molecule has 0 saturated carbocycles. The lowest BCUT2D eigenvalue weighted by Crippen LogP contribution is -2.44. The van der Waals surface area contributed by atoms with Gasteiger partial charge in [0.1, 0.15) is 5.75 Å². The minimum absolute atomic E-state index is 0.0775. The molecule has 3 amide bonds. The molecule has 6 nitrogen and oxygen atoms in total. The van der Waals surface area contributed by atoms with Crippen LogP contribution in [0.2, 0.25) is 0 Å². The molecule has 120 valence electrons. The predicted molar refractivity (Wildman–Crippen MR) is 85.8 cm³/mol. The second kappa shape index (κ2) is 6.16. The third-order valence-electron chi connectivity index (χ3n) is 3.89. The Balaban J connectivity index is 1.91. The fraction of sp³-hybridized carbons (Fsp3) is 0.294. The molecule has 2 N–H and O–H groups in total. The molecule has 1 aromatic carbocycles. The Morgan fingerprint density at radius 1 is 1.35 bits per heavy atom. The molecule has 0 bridgehead atoms. The van der Waals surface area contributed by atoms with Crippen molar-refractivity contribution in [2.75, 3.05) is 19.7 Å². The van der Waals surface area contributed by atoms with Crippen LogP contribution in [0.5, 0.6) is 5.75 Å². The summed E-state index contributed by atoms with van der Waals surface area (Å²) in [6.45, 7) is 7.04. The van der Waals surface area contributed by atoms with Gasteiger partial charge in [-0.2, -0.15) is 0 Å². The maximum Gasteiger partial charge on any atom is 0.319 e. The van der Waals surface area contributed by atoms with Gasteiger partial charge in [0.05, 0.1) is 30.5 Å². The van der Waals surface area contributed by atoms with E-state index in [9.17, 15) is 9.59 Å². The molecule has 0 fully saturated rings. The summed E-state index contributed by atoms with van der Waals surface area (Å²) in [7, 11) is 0. The Kier molecular flexibility index (Phi) is 4.06. The summed E-state index contributed by atoms with van der Waals surface area (Å²) in [5, 5.41) is 5.56. The maximum atomic E-state index is 12.6. The summed E-state index contributed by atoms with van der Waals surface area (Å²) in [6, 6.07) is 6.68. The van der Waals surface area contributed by atoms with Gasteiger partial charge in [0.25, 0.3) is 5.91 Å². The Bertz CT molecular complexity index is 679. The van der Waals surface area contributed by atoms with Crippen LogP contribution in [0.25, 0.3) is 0 Å². The SMILES string of the molecule is C=CCN1CC2=C(C1=O)C(c1ccc(OCC)cc1)NC(=O)N2. The summed E-state index contributed by atoms with van der Waals surface area (Å²) in [5.74, 6) is 0.683. The van der Waals surface area contributed by atoms with E-state index in [2.05, 4.69) is 17.2 Å². The van der Waals surface area contributed by atoms with Gasteiger partial charge in [0.2, 0.25) is 0 Å². The first kappa shape index (κ1) is 15.1. The second-order valence-electron chi connectivity index (χ2n) is 5.40. The summed E-state index contributed by atoms with van der Waals surface area (Å²) in [6.07, 6.45) is 1.68. The Hall–Kier alpha value is -2.76. The highest BCUT2D eigenvalue weighted by molar-refractivity contribution is 6.01. The second-order valence-corrected chi connectivity index (χ2v) is 5.40. The van der Waals surface area contributed by atoms with E-state index in [-0.39, 0.29) is 11.9 Å². The lowest BCUT2D eigenvalue weighted by molar-refractivity contribution is -0.125. The summed E-state index contributed by atoms with van der Waals surface area (Å²) >= 11 is 0. The van der Waals surface area contributed by atoms with E-state index in [0.717, 1.165) is 11.3 Å². The normalized spacial score (nSPS) is 20.0. The van der Waals surface area contributed by atoms with Crippen molar-refractivity contribution >= 4 is 11.9 Å². The lowest BCUT2D eigenvalue weighted by atomic mass is 9.96. The first-order valence-electron chi connectivity index (χ1n) is 7.57. The molecule has 3 rings (SSSR count). The zero-order chi connectivity index (χ0) is 16.4. The Morgan fingerprint density at radius 2 is 2.09 bits per heavy atom. The largest absolute Gasteiger partial charge is 0.494 e. The van der Waals surface area contributed by atoms with Crippen molar-refractivity contribution < 1.29 is 14.3 Å². The molecule has 2 aliphatic heterocycles. The van der Waals surface area contributed by atoms with Crippen molar-refractivity contribution in [2.45, 2.75) is 13.0 Å². The topological polar surface area (TPSA) is 70.7 Å². The third-order valence-corrected chi connectivity index (χ3v) is 3.89. The molecular formula is C17H19N3O3. The Labute approximate surface area is 134 Å². The number of hydrogen-bond donors (Lipinski definition) is 2. The van der Waals surface area contributed by atoms with Gasteiger partial charge in [-0.05, 0) is 24.6 Å². The van der Waals surface area contributed by atoms with E-state index >= 15 is 0 Å². The monoisotopic (exact) mass is 313 g/mol. The minimum Gasteiger partial charge on any atom is -0.494 e. The number of urea groups is 1. The summed E-state index contributed by atoms with van der Waals surface area (Å²) in [4.78, 5) is 26.2. The van der Waals surface area contributed by atoms with Crippen LogP contribution >= 0.6 is 0 Å². The standard InChI is InChI=1S/C17H19N3O3/c1-3-9-20-10-13-14(16(20)21)15(19-17(22)18-13)11-5-7-12(8-6-11)23-4-2/h3,5-8,15H,1,4,9-10H2,2H3,(H2,18,19,22). The third kappa shape index (κ3) is 2.79. The smallest absolute Gasteiger partial charge is 0.319 e. The molecule has 2 aliphatic rings. The van der Waals surface area contributed by atoms with Gasteiger partial charge < -0.3 is 20.3 Å². The van der Waals surface area contributed by atoms with E-state index in [1.807, 2.05) is 31.2 Å². The fourth-order valence-corrected chi connectivity index (χ4v) is 2.90. The number of amides is 3. The van der Waals surface area contributed by atoms with Gasteiger partial charge in [0, 0.05) is 6.54 Å². The molecule has 23 heavy (non-hydrogen) atoms. The number of hydrogen-bond acceptors (Lipinski definition) is 3. The van der Waals surface area contributed by atoms with Crippen LogP contribution in [0.1, 0.15) is 18.5 Å². The van der Waals surface area contributed by atoms with Gasteiger partial charge in [0.15, 0.2) is 0 Å². The molecule has 1 unspecified atom stereocenters. The number of nitrogens with zero attached hydrogens (tertiary/aromatic N) is 1. The molecule has 0 aromatic heterocycles. The van der Waals surface area contributed by atoms with Crippen molar-refractivity contribution in [3.8, 4) is 5.75 Å². The highest BCUT2D eigenvalue weighted by atomic mass is 16.5. The van der Waals surface area contributed by atoms with Gasteiger partial charge in [-0.15, -0.1) is 6.58 Å². The number of carbonyl (C=O) groups is 2. The average molecular weight is 313 g/mol. The van der Waals surface area contributed by atoms with E-state index in [1.54, 1.807) is 11.0 Å². The average Bonchev–Trinajstić information content (AvgIpc) is 2.84. The zero-order valence-corrected chi connectivity index (χ0v) is 13.0. The molecule has 0 radical (unpaired) electrons. The van der Waals surface area contributed by atoms with Crippen molar-refractivity contribution in [2.24, 2.45) is 0 Å². The van der Waals surface area contributed by atoms with Crippen LogP contribution in [0, 0.1) is 0 Å². The highest BCUT2D eigenvalue weighted by Crippen LogP contribution is 2.33. The first-order valence-corrected chi connectivity index (χ1v) is 7.57. The molecule has 1 atom stereocenters. The minimum atomic E-state index is -0.447. The molecule has 6 heteroatoms. The number of benzene rings is 1. The van der Waals surface area contributed by atoms with E-state index in [4.69, 9.17) is 4.74 Å². The van der Waals surface area contributed by atoms with Gasteiger partial charge in [-0.3, -0.25) is 4.79 Å². The highest BCUT2D eigenvalue weighted by Gasteiger charge is 2.39. The number of nitrogens with one attached hydrogen (secondary N) is 2. The van der Waals surface area contributed by atoms with Crippen molar-refractivity contribution in [3.63, 3.8) is 0 Å². The van der Waals surface area contributed by atoms with Gasteiger partial charge in [-0.25, -0.2) is 4.79 Å². The van der Waals surface area contributed by atoms with E-state index in [1.165, 1.54) is 0 Å². The zero-order valence-electron chi connectivity index (χ0n) is 13.0. The molecule has 0 spiro atoms. The van der Waals surface area contributed by atoms with Crippen LogP contribution in [0.15, 0.2) is 48.2 Å². The number of carbonyl (C=O) groups excluding carboxylic acids is 2. The lowest BCUT2D eigenvalue weighted by Gasteiger charge is -2.25. The number of ether oxygens (including phenoxy) is 1. The fourth-order valence-electron chi connectivity index (χ4n) is 2.90. The van der Waals surface area contributed by atoms with Crippen molar-refractivity contribution in [1.29, 1.82) is 0 Å². The van der Waals surface area contributed by atoms with Crippen LogP contribution in [-0.2, 0) is 4.79 Å². The molecular weight excluding hydrogens is 294 g/mol.